The van der Waals surface area contributed by atoms with Crippen LogP contribution in [-0.4, -0.2) is 12.6 Å². The summed E-state index contributed by atoms with van der Waals surface area (Å²) in [4.78, 5) is 11.6. The molecule has 2 heteroatoms. The predicted molar refractivity (Wildman–Crippen MR) is 59.1 cm³/mol. The molecule has 0 saturated carbocycles. The minimum absolute atomic E-state index is 0.00495. The van der Waals surface area contributed by atoms with Crippen LogP contribution in [0, 0.1) is 11.8 Å². The molecule has 0 aromatic rings. The van der Waals surface area contributed by atoms with E-state index in [0.717, 1.165) is 25.7 Å². The van der Waals surface area contributed by atoms with Crippen LogP contribution >= 0.6 is 0 Å². The Bertz CT molecular complexity index is 152. The van der Waals surface area contributed by atoms with Gasteiger partial charge in [-0.1, -0.05) is 34.1 Å². The van der Waals surface area contributed by atoms with E-state index in [9.17, 15) is 4.79 Å². The second-order valence-corrected chi connectivity index (χ2v) is 4.26. The van der Waals surface area contributed by atoms with Crippen molar-refractivity contribution in [1.29, 1.82) is 0 Å². The van der Waals surface area contributed by atoms with E-state index in [1.54, 1.807) is 0 Å². The zero-order chi connectivity index (χ0) is 11.0. The minimum Gasteiger partial charge on any atom is -0.465 e. The topological polar surface area (TPSA) is 26.3 Å². The summed E-state index contributed by atoms with van der Waals surface area (Å²) in [7, 11) is 0. The van der Waals surface area contributed by atoms with Gasteiger partial charge >= 0.3 is 5.97 Å². The van der Waals surface area contributed by atoms with Crippen molar-refractivity contribution >= 4 is 5.97 Å². The normalized spacial score (nSPS) is 12.9. The Kier molecular flexibility index (Phi) is 7.54. The van der Waals surface area contributed by atoms with Gasteiger partial charge < -0.3 is 4.74 Å². The summed E-state index contributed by atoms with van der Waals surface area (Å²) in [6.45, 7) is 9.02. The molecule has 0 aromatic carbocycles. The van der Waals surface area contributed by atoms with E-state index in [1.807, 2.05) is 6.92 Å². The number of ether oxygens (including phenoxy) is 1. The molecule has 0 bridgehead atoms. The van der Waals surface area contributed by atoms with Crippen molar-refractivity contribution in [3.05, 3.63) is 0 Å². The smallest absolute Gasteiger partial charge is 0.308 e. The van der Waals surface area contributed by atoms with Crippen LogP contribution in [0.2, 0.25) is 0 Å². The zero-order valence-electron chi connectivity index (χ0n) is 10.0. The molecule has 0 spiro atoms. The van der Waals surface area contributed by atoms with Crippen LogP contribution in [-0.2, 0) is 9.53 Å². The van der Waals surface area contributed by atoms with Gasteiger partial charge in [-0.15, -0.1) is 0 Å². The maximum atomic E-state index is 11.6. The van der Waals surface area contributed by atoms with Gasteiger partial charge in [-0.3, -0.25) is 4.79 Å². The Morgan fingerprint density at radius 1 is 1.29 bits per heavy atom. The fraction of sp³-hybridized carbons (Fsp3) is 0.917. The summed E-state index contributed by atoms with van der Waals surface area (Å²) >= 11 is 0. The summed E-state index contributed by atoms with van der Waals surface area (Å²) < 4.78 is 5.20. The molecule has 0 rings (SSSR count). The molecular formula is C12H24O2. The molecule has 0 fully saturated rings. The molecule has 1 unspecified atom stereocenters. The van der Waals surface area contributed by atoms with E-state index in [4.69, 9.17) is 4.74 Å². The highest BCUT2D eigenvalue weighted by molar-refractivity contribution is 5.72. The first-order valence-electron chi connectivity index (χ1n) is 5.78. The first-order valence-corrected chi connectivity index (χ1v) is 5.78. The molecule has 0 aliphatic carbocycles. The molecule has 0 aliphatic rings. The second-order valence-electron chi connectivity index (χ2n) is 4.26. The number of hydrogen-bond donors (Lipinski definition) is 0. The number of unbranched alkanes of at least 4 members (excludes halogenated alkanes) is 1. The first-order chi connectivity index (χ1) is 6.61. The van der Waals surface area contributed by atoms with E-state index in [-0.39, 0.29) is 11.9 Å². The van der Waals surface area contributed by atoms with Crippen molar-refractivity contribution in [3.63, 3.8) is 0 Å². The van der Waals surface area contributed by atoms with Crippen molar-refractivity contribution < 1.29 is 9.53 Å². The Hall–Kier alpha value is -0.530. The average Bonchev–Trinajstić information content (AvgIpc) is 2.14. The second kappa shape index (κ2) is 7.84. The lowest BCUT2D eigenvalue weighted by molar-refractivity contribution is -0.149. The third-order valence-electron chi connectivity index (χ3n) is 2.32. The number of rotatable bonds is 7. The predicted octanol–water partition coefficient (Wildman–Crippen LogP) is 3.40. The van der Waals surface area contributed by atoms with Gasteiger partial charge in [0.05, 0.1) is 12.5 Å². The molecule has 0 N–H and O–H groups in total. The average molecular weight is 200 g/mol. The number of hydrogen-bond acceptors (Lipinski definition) is 2. The fourth-order valence-electron chi connectivity index (χ4n) is 1.43. The lowest BCUT2D eigenvalue weighted by Crippen LogP contribution is -2.19. The molecule has 0 aromatic heterocycles. The van der Waals surface area contributed by atoms with Gasteiger partial charge in [-0.05, 0) is 25.2 Å². The van der Waals surface area contributed by atoms with Gasteiger partial charge in [-0.2, -0.15) is 0 Å². The summed E-state index contributed by atoms with van der Waals surface area (Å²) in [5.41, 5.74) is 0. The maximum Gasteiger partial charge on any atom is 0.308 e. The minimum atomic E-state index is -0.00495. The number of carbonyl (C=O) groups excluding carboxylic acids is 1. The van der Waals surface area contributed by atoms with Crippen LogP contribution in [0.1, 0.15) is 53.4 Å². The standard InChI is InChI=1S/C12H24O2/c1-5-7-8-14-12(13)11(6-2)9-10(3)4/h10-11H,5-9H2,1-4H3. The highest BCUT2D eigenvalue weighted by Gasteiger charge is 2.18. The van der Waals surface area contributed by atoms with Gasteiger partial charge in [0.1, 0.15) is 0 Å². The van der Waals surface area contributed by atoms with Crippen molar-refractivity contribution in [1.82, 2.24) is 0 Å². The van der Waals surface area contributed by atoms with Crippen molar-refractivity contribution in [2.45, 2.75) is 53.4 Å². The van der Waals surface area contributed by atoms with Crippen LogP contribution in [0.15, 0.2) is 0 Å². The Labute approximate surface area is 88.0 Å². The molecule has 0 heterocycles. The summed E-state index contributed by atoms with van der Waals surface area (Å²) in [6.07, 6.45) is 3.89. The SMILES string of the molecule is CCCCOC(=O)C(CC)CC(C)C. The lowest BCUT2D eigenvalue weighted by atomic mass is 9.95. The van der Waals surface area contributed by atoms with Crippen LogP contribution in [0.5, 0.6) is 0 Å². The van der Waals surface area contributed by atoms with Crippen LogP contribution in [0.4, 0.5) is 0 Å². The van der Waals surface area contributed by atoms with Gasteiger partial charge in [0.2, 0.25) is 0 Å². The molecule has 14 heavy (non-hydrogen) atoms. The molecule has 0 aliphatic heterocycles. The van der Waals surface area contributed by atoms with E-state index in [0.29, 0.717) is 12.5 Å². The van der Waals surface area contributed by atoms with Gasteiger partial charge in [0.15, 0.2) is 0 Å². The first kappa shape index (κ1) is 13.5. The van der Waals surface area contributed by atoms with Gasteiger partial charge in [-0.25, -0.2) is 0 Å². The van der Waals surface area contributed by atoms with Crippen LogP contribution in [0.3, 0.4) is 0 Å². The Morgan fingerprint density at radius 2 is 1.93 bits per heavy atom. The Balaban J connectivity index is 3.79. The van der Waals surface area contributed by atoms with E-state index in [2.05, 4.69) is 20.8 Å². The van der Waals surface area contributed by atoms with Gasteiger partial charge in [0.25, 0.3) is 0 Å². The van der Waals surface area contributed by atoms with Crippen molar-refractivity contribution in [2.24, 2.45) is 11.8 Å². The maximum absolute atomic E-state index is 11.6. The molecule has 0 radical (unpaired) electrons. The molecular weight excluding hydrogens is 176 g/mol. The zero-order valence-corrected chi connectivity index (χ0v) is 10.0. The molecule has 0 amide bonds. The number of carbonyl (C=O) groups is 1. The lowest BCUT2D eigenvalue weighted by Gasteiger charge is -2.15. The molecule has 84 valence electrons. The Morgan fingerprint density at radius 3 is 2.36 bits per heavy atom. The molecule has 1 atom stereocenters. The largest absolute Gasteiger partial charge is 0.465 e. The van der Waals surface area contributed by atoms with Crippen molar-refractivity contribution in [3.8, 4) is 0 Å². The van der Waals surface area contributed by atoms with E-state index < -0.39 is 0 Å². The molecule has 0 saturated heterocycles. The summed E-state index contributed by atoms with van der Waals surface area (Å²) in [6, 6.07) is 0. The van der Waals surface area contributed by atoms with Crippen molar-refractivity contribution in [2.75, 3.05) is 6.61 Å². The summed E-state index contributed by atoms with van der Waals surface area (Å²) in [5, 5.41) is 0. The third-order valence-corrected chi connectivity index (χ3v) is 2.32. The van der Waals surface area contributed by atoms with E-state index >= 15 is 0 Å². The fourth-order valence-corrected chi connectivity index (χ4v) is 1.43. The van der Waals surface area contributed by atoms with Gasteiger partial charge in [0, 0.05) is 0 Å². The third kappa shape index (κ3) is 6.01. The van der Waals surface area contributed by atoms with Crippen LogP contribution in [0.25, 0.3) is 0 Å². The molecule has 2 nitrogen and oxygen atoms in total. The highest BCUT2D eigenvalue weighted by Crippen LogP contribution is 2.16. The van der Waals surface area contributed by atoms with E-state index in [1.165, 1.54) is 0 Å². The summed E-state index contributed by atoms with van der Waals surface area (Å²) in [5.74, 6) is 0.667. The quantitative estimate of drug-likeness (QED) is 0.465. The number of esters is 1. The van der Waals surface area contributed by atoms with Crippen LogP contribution < -0.4 is 0 Å². The monoisotopic (exact) mass is 200 g/mol. The highest BCUT2D eigenvalue weighted by atomic mass is 16.5.